The monoisotopic (exact) mass is 1110 g/mol. The summed E-state index contributed by atoms with van der Waals surface area (Å²) in [6, 6.07) is 23.4. The molecule has 0 saturated carbocycles. The average molecular weight is 1110 g/mol. The van der Waals surface area contributed by atoms with Crippen molar-refractivity contribution in [2.75, 3.05) is 61.3 Å². The number of likely N-dealkylation sites (tertiary alicyclic amines) is 1. The molecule has 0 aliphatic carbocycles. The number of aromatic hydroxyl groups is 1. The summed E-state index contributed by atoms with van der Waals surface area (Å²) in [6.07, 6.45) is 12.3. The first-order chi connectivity index (χ1) is 38.5. The van der Waals surface area contributed by atoms with Gasteiger partial charge in [0.25, 0.3) is 0 Å². The number of anilines is 3. The van der Waals surface area contributed by atoms with Crippen molar-refractivity contribution in [3.8, 4) is 33.2 Å². The Bertz CT molecular complexity index is 2850. The number of amides is 4. The number of thiazole rings is 1. The zero-order valence-corrected chi connectivity index (χ0v) is 48.4. The molecule has 6 N–H and O–H groups in total. The maximum absolute atomic E-state index is 14.1. The summed E-state index contributed by atoms with van der Waals surface area (Å²) in [5, 5.41) is 35.4. The predicted molar refractivity (Wildman–Crippen MR) is 316 cm³/mol. The van der Waals surface area contributed by atoms with Crippen LogP contribution in [0.15, 0.2) is 84.4 Å². The number of phenols is 1. The van der Waals surface area contributed by atoms with E-state index in [9.17, 15) is 29.4 Å². The standard InChI is InChI=1S/C62H84N10O7S/c1-42(44-27-29-45(30-28-44)57-43(2)64-41-80-57)65-60(77)52-37-48(73)39-72(52)61(78)58(62(3,4)5)66-55(75)25-14-12-10-8-6-7-9-11-13-15-26-56(76)70-34-32-69(33-35-70)46-20-18-21-47(36-46)71-31-19-22-49(40-71)79-54-38-51(67-68-59(54)63)50-23-16-17-24-53(50)74/h16-18,20-21,23-24,27-30,36,38,41-42,48-49,52,58,73-74H,6-15,19,22,25-26,31-35,37,39-40H2,1-5H3,(H2,63,68)(H,65,77)(H,66,75). The van der Waals surface area contributed by atoms with Crippen molar-refractivity contribution >= 4 is 52.2 Å². The number of piperazine rings is 1. The molecule has 5 atom stereocenters. The quantitative estimate of drug-likeness (QED) is 0.0364. The lowest BCUT2D eigenvalue weighted by atomic mass is 9.85. The fourth-order valence-electron chi connectivity index (χ4n) is 11.2. The summed E-state index contributed by atoms with van der Waals surface area (Å²) >= 11 is 1.59. The Labute approximate surface area is 476 Å². The normalized spacial score (nSPS) is 18.4. The number of aliphatic hydroxyl groups excluding tert-OH is 1. The number of ether oxygens (including phenoxy) is 1. The first-order valence-corrected chi connectivity index (χ1v) is 29.9. The van der Waals surface area contributed by atoms with Crippen LogP contribution in [0.5, 0.6) is 11.5 Å². The number of aryl methyl sites for hydroxylation is 1. The molecular weight excluding hydrogens is 1030 g/mol. The van der Waals surface area contributed by atoms with E-state index in [4.69, 9.17) is 10.5 Å². The Morgan fingerprint density at radius 1 is 0.787 bits per heavy atom. The van der Waals surface area contributed by atoms with E-state index < -0.39 is 23.6 Å². The molecular formula is C62H84N10O7S. The molecule has 8 rings (SSSR count). The Hall–Kier alpha value is -6.79. The maximum Gasteiger partial charge on any atom is 0.246 e. The number of benzene rings is 3. The summed E-state index contributed by atoms with van der Waals surface area (Å²) in [4.78, 5) is 68.0. The van der Waals surface area contributed by atoms with Crippen LogP contribution in [-0.4, -0.2) is 129 Å². The minimum absolute atomic E-state index is 0.0322. The zero-order valence-electron chi connectivity index (χ0n) is 47.6. The number of nitrogens with two attached hydrogens (primary N) is 1. The third-order valence-corrected chi connectivity index (χ3v) is 16.9. The van der Waals surface area contributed by atoms with Gasteiger partial charge >= 0.3 is 0 Å². The van der Waals surface area contributed by atoms with E-state index in [1.807, 2.05) is 75.4 Å². The SMILES string of the molecule is Cc1ncsc1-c1ccc(C(C)NC(=O)C2CC(O)CN2C(=O)C(NC(=O)CCCCCCCCCCCCC(=O)N2CCN(c3cccc(N4CCCC(Oc5cc(-c6ccccc6O)nnc5N)C4)c3)CC2)C(C)(C)C)cc1. The highest BCUT2D eigenvalue weighted by Crippen LogP contribution is 2.34. The van der Waals surface area contributed by atoms with Crippen molar-refractivity contribution in [1.29, 1.82) is 0 Å². The van der Waals surface area contributed by atoms with Gasteiger partial charge in [-0.05, 0) is 86.4 Å². The lowest BCUT2D eigenvalue weighted by Crippen LogP contribution is -2.57. The van der Waals surface area contributed by atoms with Crippen LogP contribution in [0.25, 0.3) is 21.7 Å². The minimum atomic E-state index is -0.850. The van der Waals surface area contributed by atoms with Crippen LogP contribution in [0.3, 0.4) is 0 Å². The first kappa shape index (κ1) is 59.3. The molecule has 3 aliphatic rings. The van der Waals surface area contributed by atoms with Crippen molar-refractivity contribution in [2.24, 2.45) is 5.41 Å². The molecule has 4 amide bonds. The summed E-state index contributed by atoms with van der Waals surface area (Å²) in [5.74, 6) is 0.175. The second-order valence-electron chi connectivity index (χ2n) is 23.1. The third-order valence-electron chi connectivity index (χ3n) is 15.9. The fraction of sp³-hybridized carbons (Fsp3) is 0.532. The molecule has 17 nitrogen and oxygen atoms in total. The number of unbranched alkanes of at least 4 members (excludes halogenated alkanes) is 9. The van der Waals surface area contributed by atoms with Gasteiger partial charge in [-0.1, -0.05) is 115 Å². The van der Waals surface area contributed by atoms with Gasteiger partial charge in [-0.3, -0.25) is 19.2 Å². The smallest absolute Gasteiger partial charge is 0.246 e. The number of para-hydroxylation sites is 1. The number of phenolic OH excluding ortho intramolecular Hbond substituents is 1. The van der Waals surface area contributed by atoms with Crippen molar-refractivity contribution < 1.29 is 34.1 Å². The number of nitrogen functional groups attached to an aromatic ring is 1. The van der Waals surface area contributed by atoms with Gasteiger partial charge in [0, 0.05) is 81.5 Å². The van der Waals surface area contributed by atoms with E-state index in [1.165, 1.54) is 4.90 Å². The molecule has 5 aromatic rings. The van der Waals surface area contributed by atoms with E-state index >= 15 is 0 Å². The molecule has 18 heteroatoms. The number of nitrogens with one attached hydrogen (secondary N) is 2. The van der Waals surface area contributed by atoms with E-state index in [1.54, 1.807) is 35.6 Å². The Morgan fingerprint density at radius 3 is 2.11 bits per heavy atom. The van der Waals surface area contributed by atoms with Crippen LogP contribution in [0.1, 0.15) is 141 Å². The number of rotatable bonds is 24. The van der Waals surface area contributed by atoms with Gasteiger partial charge in [0.1, 0.15) is 29.6 Å². The molecule has 0 spiro atoms. The van der Waals surface area contributed by atoms with Crippen LogP contribution < -0.4 is 30.9 Å². The van der Waals surface area contributed by atoms with Gasteiger partial charge in [-0.25, -0.2) is 4.98 Å². The highest BCUT2D eigenvalue weighted by molar-refractivity contribution is 7.13. The highest BCUT2D eigenvalue weighted by Gasteiger charge is 2.45. The number of piperidine rings is 1. The zero-order chi connectivity index (χ0) is 56.8. The van der Waals surface area contributed by atoms with Crippen LogP contribution >= 0.6 is 11.3 Å². The number of carbonyl (C=O) groups excluding carboxylic acids is 4. The molecule has 5 heterocycles. The Morgan fingerprint density at radius 2 is 1.45 bits per heavy atom. The molecule has 0 bridgehead atoms. The number of aliphatic hydroxyl groups is 1. The molecule has 3 aliphatic heterocycles. The lowest BCUT2D eigenvalue weighted by molar-refractivity contribution is -0.144. The molecule has 2 aromatic heterocycles. The third kappa shape index (κ3) is 16.0. The van der Waals surface area contributed by atoms with Gasteiger partial charge in [0.2, 0.25) is 23.6 Å². The summed E-state index contributed by atoms with van der Waals surface area (Å²) in [6.45, 7) is 14.3. The second kappa shape index (κ2) is 28.1. The first-order valence-electron chi connectivity index (χ1n) is 29.1. The number of hydrogen-bond acceptors (Lipinski definition) is 14. The Balaban J connectivity index is 0.666. The van der Waals surface area contributed by atoms with Gasteiger partial charge in [0.15, 0.2) is 11.6 Å². The molecule has 3 aromatic carbocycles. The molecule has 0 radical (unpaired) electrons. The van der Waals surface area contributed by atoms with Crippen molar-refractivity contribution in [2.45, 2.75) is 161 Å². The number of nitrogens with zero attached hydrogens (tertiary/aromatic N) is 7. The maximum atomic E-state index is 14.1. The van der Waals surface area contributed by atoms with Gasteiger partial charge < -0.3 is 50.9 Å². The summed E-state index contributed by atoms with van der Waals surface area (Å²) in [7, 11) is 0. The van der Waals surface area contributed by atoms with Gasteiger partial charge in [-0.2, -0.15) is 0 Å². The van der Waals surface area contributed by atoms with Crippen LogP contribution in [0.4, 0.5) is 17.2 Å². The van der Waals surface area contributed by atoms with Crippen LogP contribution in [-0.2, 0) is 19.2 Å². The summed E-state index contributed by atoms with van der Waals surface area (Å²) in [5.41, 5.74) is 13.7. The molecule has 430 valence electrons. The second-order valence-corrected chi connectivity index (χ2v) is 24.0. The van der Waals surface area contributed by atoms with E-state index in [0.717, 1.165) is 130 Å². The van der Waals surface area contributed by atoms with Crippen LogP contribution in [0.2, 0.25) is 0 Å². The van der Waals surface area contributed by atoms with Gasteiger partial charge in [-0.15, -0.1) is 21.5 Å². The van der Waals surface area contributed by atoms with Crippen molar-refractivity contribution in [3.63, 3.8) is 0 Å². The number of carbonyl (C=O) groups is 4. The Kier molecular flexibility index (Phi) is 20.8. The molecule has 3 saturated heterocycles. The minimum Gasteiger partial charge on any atom is -0.507 e. The van der Waals surface area contributed by atoms with Gasteiger partial charge in [0.05, 0.1) is 34.8 Å². The summed E-state index contributed by atoms with van der Waals surface area (Å²) < 4.78 is 6.42. The largest absolute Gasteiger partial charge is 0.507 e. The molecule has 80 heavy (non-hydrogen) atoms. The van der Waals surface area contributed by atoms with E-state index in [2.05, 4.69) is 59.9 Å². The molecule has 5 unspecified atom stereocenters. The predicted octanol–water partition coefficient (Wildman–Crippen LogP) is 9.61. The number of aromatic nitrogens is 3. The lowest BCUT2D eigenvalue weighted by Gasteiger charge is -2.38. The number of β-amino-alcohol motifs (C(OH)–C–C–N with tert-alkyl or cyclic N) is 1. The van der Waals surface area contributed by atoms with E-state index in [0.29, 0.717) is 49.5 Å². The highest BCUT2D eigenvalue weighted by atomic mass is 32.1. The van der Waals surface area contributed by atoms with Crippen molar-refractivity contribution in [1.82, 2.24) is 35.6 Å². The topological polar surface area (TPSA) is 220 Å². The van der Waals surface area contributed by atoms with Crippen molar-refractivity contribution in [3.05, 3.63) is 95.6 Å². The number of hydrogen-bond donors (Lipinski definition) is 5. The molecule has 3 fully saturated rings. The van der Waals surface area contributed by atoms with E-state index in [-0.39, 0.29) is 60.3 Å². The van der Waals surface area contributed by atoms with Crippen LogP contribution in [0, 0.1) is 12.3 Å². The fourth-order valence-corrected chi connectivity index (χ4v) is 12.0. The average Bonchev–Trinajstić information content (AvgIpc) is 4.11.